The lowest BCUT2D eigenvalue weighted by Gasteiger charge is -2.38. The topological polar surface area (TPSA) is 82.2 Å². The molecule has 0 spiro atoms. The highest BCUT2D eigenvalue weighted by Crippen LogP contribution is 2.22. The van der Waals surface area contributed by atoms with E-state index >= 15 is 0 Å². The molecular weight excluding hydrogens is 492 g/mol. The van der Waals surface area contributed by atoms with E-state index in [2.05, 4.69) is 37.9 Å². The molecule has 0 radical (unpaired) electrons. The first kappa shape index (κ1) is 35.1. The maximum absolute atomic E-state index is 13.3. The Morgan fingerprint density at radius 2 is 1.67 bits per heavy atom. The molecule has 226 valence electrons. The minimum Gasteiger partial charge on any atom is -0.371 e. The van der Waals surface area contributed by atoms with Gasteiger partial charge < -0.3 is 19.9 Å². The summed E-state index contributed by atoms with van der Waals surface area (Å²) in [5, 5.41) is 3.05. The molecule has 0 aliphatic carbocycles. The molecule has 0 aromatic rings. The van der Waals surface area contributed by atoms with Gasteiger partial charge in [0.1, 0.15) is 6.04 Å². The van der Waals surface area contributed by atoms with Gasteiger partial charge >= 0.3 is 0 Å². The second-order valence-corrected chi connectivity index (χ2v) is 12.8. The molecule has 8 nitrogen and oxygen atoms in total. The zero-order valence-corrected chi connectivity index (χ0v) is 26.8. The summed E-state index contributed by atoms with van der Waals surface area (Å²) in [6.45, 7) is 22.7. The average Bonchev–Trinajstić information content (AvgIpc) is 3.31. The number of hydrogen-bond acceptors (Lipinski definition) is 5. The van der Waals surface area contributed by atoms with E-state index in [0.29, 0.717) is 25.2 Å². The summed E-state index contributed by atoms with van der Waals surface area (Å²) >= 11 is 0. The summed E-state index contributed by atoms with van der Waals surface area (Å²) in [7, 11) is 1.72. The molecule has 0 bridgehead atoms. The molecule has 0 aromatic carbocycles. The van der Waals surface area contributed by atoms with E-state index in [0.717, 1.165) is 32.2 Å². The van der Waals surface area contributed by atoms with Crippen LogP contribution in [-0.2, 0) is 19.1 Å². The van der Waals surface area contributed by atoms with Crippen LogP contribution in [0, 0.1) is 5.92 Å². The van der Waals surface area contributed by atoms with Gasteiger partial charge in [-0.2, -0.15) is 0 Å². The van der Waals surface area contributed by atoms with E-state index in [4.69, 9.17) is 4.74 Å². The Kier molecular flexibility index (Phi) is 14.7. The molecule has 2 aliphatic rings. The number of nitrogens with one attached hydrogen (secondary N) is 1. The van der Waals surface area contributed by atoms with Crippen molar-refractivity contribution >= 4 is 17.7 Å². The first-order chi connectivity index (χ1) is 18.1. The number of hydrogen-bond donors (Lipinski definition) is 1. The van der Waals surface area contributed by atoms with E-state index in [1.807, 2.05) is 39.5 Å². The number of piperidine rings is 1. The van der Waals surface area contributed by atoms with Crippen LogP contribution in [0.4, 0.5) is 0 Å². The third-order valence-corrected chi connectivity index (χ3v) is 7.08. The Hall–Kier alpha value is -1.93. The van der Waals surface area contributed by atoms with Gasteiger partial charge in [0.05, 0.1) is 17.7 Å². The number of likely N-dealkylation sites (N-methyl/N-ethyl adjacent to an activating group) is 1. The number of rotatable bonds is 9. The Labute approximate surface area is 238 Å². The summed E-state index contributed by atoms with van der Waals surface area (Å²) < 4.78 is 6.03. The maximum Gasteiger partial charge on any atom is 0.249 e. The van der Waals surface area contributed by atoms with Crippen LogP contribution in [-0.4, -0.2) is 95.5 Å². The highest BCUT2D eigenvalue weighted by Gasteiger charge is 2.35. The molecule has 3 unspecified atom stereocenters. The van der Waals surface area contributed by atoms with Crippen LogP contribution in [0.1, 0.15) is 101 Å². The Balaban J connectivity index is 0.00000242. The SMILES string of the molecule is C/C(=C\CN(C)C(=O)C(NC(=O)C1CCCCN1C(C)C)C(C)C)C(=O)N1CCC(OC(C)(C)C)C1.CCC. The van der Waals surface area contributed by atoms with E-state index < -0.39 is 6.04 Å². The van der Waals surface area contributed by atoms with Gasteiger partial charge in [0.25, 0.3) is 0 Å². The number of amides is 3. The lowest BCUT2D eigenvalue weighted by Crippen LogP contribution is -2.57. The Morgan fingerprint density at radius 3 is 2.21 bits per heavy atom. The molecule has 39 heavy (non-hydrogen) atoms. The van der Waals surface area contributed by atoms with Gasteiger partial charge in [0.15, 0.2) is 0 Å². The normalized spacial score (nSPS) is 21.5. The van der Waals surface area contributed by atoms with Crippen LogP contribution in [0.5, 0.6) is 0 Å². The summed E-state index contributed by atoms with van der Waals surface area (Å²) in [4.78, 5) is 45.0. The zero-order valence-electron chi connectivity index (χ0n) is 26.8. The quantitative estimate of drug-likeness (QED) is 0.424. The van der Waals surface area contributed by atoms with Crippen molar-refractivity contribution in [2.45, 2.75) is 131 Å². The van der Waals surface area contributed by atoms with Gasteiger partial charge in [0, 0.05) is 38.3 Å². The van der Waals surface area contributed by atoms with E-state index in [1.54, 1.807) is 24.9 Å². The molecule has 2 heterocycles. The molecule has 2 rings (SSSR count). The van der Waals surface area contributed by atoms with E-state index in [-0.39, 0.29) is 47.4 Å². The number of nitrogens with zero attached hydrogens (tertiary/aromatic N) is 3. The number of carbonyl (C=O) groups excluding carboxylic acids is 3. The molecule has 0 aromatic heterocycles. The molecule has 3 amide bonds. The van der Waals surface area contributed by atoms with Crippen molar-refractivity contribution < 1.29 is 19.1 Å². The van der Waals surface area contributed by atoms with Gasteiger partial charge in [-0.15, -0.1) is 0 Å². The zero-order chi connectivity index (χ0) is 29.9. The molecule has 2 aliphatic heterocycles. The molecule has 1 N–H and O–H groups in total. The molecule has 2 saturated heterocycles. The fraction of sp³-hybridized carbons (Fsp3) is 0.839. The summed E-state index contributed by atoms with van der Waals surface area (Å²) in [5.41, 5.74) is 0.385. The van der Waals surface area contributed by atoms with Crippen LogP contribution in [0.15, 0.2) is 11.6 Å². The van der Waals surface area contributed by atoms with Crippen LogP contribution < -0.4 is 5.32 Å². The number of likely N-dealkylation sites (tertiary alicyclic amines) is 2. The summed E-state index contributed by atoms with van der Waals surface area (Å²) in [6, 6.07) is -0.505. The largest absolute Gasteiger partial charge is 0.371 e. The highest BCUT2D eigenvalue weighted by molar-refractivity contribution is 5.93. The predicted octanol–water partition coefficient (Wildman–Crippen LogP) is 4.63. The minimum atomic E-state index is -0.600. The smallest absolute Gasteiger partial charge is 0.249 e. The van der Waals surface area contributed by atoms with Crippen LogP contribution in [0.3, 0.4) is 0 Å². The molecule has 0 saturated carbocycles. The van der Waals surface area contributed by atoms with Crippen LogP contribution >= 0.6 is 0 Å². The first-order valence-corrected chi connectivity index (χ1v) is 15.1. The third-order valence-electron chi connectivity index (χ3n) is 7.08. The number of carbonyl (C=O) groups is 3. The maximum atomic E-state index is 13.3. The van der Waals surface area contributed by atoms with Crippen molar-refractivity contribution in [3.8, 4) is 0 Å². The molecule has 8 heteroatoms. The van der Waals surface area contributed by atoms with Crippen molar-refractivity contribution in [2.24, 2.45) is 5.92 Å². The van der Waals surface area contributed by atoms with Gasteiger partial charge in [-0.1, -0.05) is 46.6 Å². The lowest BCUT2D eigenvalue weighted by molar-refractivity contribution is -0.138. The van der Waals surface area contributed by atoms with Gasteiger partial charge in [-0.05, 0) is 73.3 Å². The highest BCUT2D eigenvalue weighted by atomic mass is 16.5. The van der Waals surface area contributed by atoms with Crippen molar-refractivity contribution in [3.05, 3.63) is 11.6 Å². The lowest BCUT2D eigenvalue weighted by atomic mass is 9.97. The fourth-order valence-corrected chi connectivity index (χ4v) is 5.06. The van der Waals surface area contributed by atoms with Crippen molar-refractivity contribution in [2.75, 3.05) is 33.2 Å². The second-order valence-electron chi connectivity index (χ2n) is 12.8. The van der Waals surface area contributed by atoms with Gasteiger partial charge in [0.2, 0.25) is 17.7 Å². The van der Waals surface area contributed by atoms with Gasteiger partial charge in [-0.25, -0.2) is 0 Å². The van der Waals surface area contributed by atoms with Crippen molar-refractivity contribution in [3.63, 3.8) is 0 Å². The van der Waals surface area contributed by atoms with Crippen LogP contribution in [0.2, 0.25) is 0 Å². The molecule has 3 atom stereocenters. The molecular formula is C31H58N4O4. The number of ether oxygens (including phenoxy) is 1. The summed E-state index contributed by atoms with van der Waals surface area (Å²) in [5.74, 6) is -0.264. The monoisotopic (exact) mass is 550 g/mol. The fourth-order valence-electron chi connectivity index (χ4n) is 5.06. The third kappa shape index (κ3) is 11.6. The van der Waals surface area contributed by atoms with Gasteiger partial charge in [-0.3, -0.25) is 19.3 Å². The minimum absolute atomic E-state index is 0.0179. The van der Waals surface area contributed by atoms with Crippen molar-refractivity contribution in [1.29, 1.82) is 0 Å². The second kappa shape index (κ2) is 16.4. The Bertz CT molecular complexity index is 818. The molecule has 2 fully saturated rings. The predicted molar refractivity (Wildman–Crippen MR) is 159 cm³/mol. The van der Waals surface area contributed by atoms with Crippen molar-refractivity contribution in [1.82, 2.24) is 20.0 Å². The first-order valence-electron chi connectivity index (χ1n) is 15.1. The average molecular weight is 551 g/mol. The van der Waals surface area contributed by atoms with E-state index in [9.17, 15) is 14.4 Å². The summed E-state index contributed by atoms with van der Waals surface area (Å²) in [6.07, 6.45) is 6.89. The van der Waals surface area contributed by atoms with E-state index in [1.165, 1.54) is 6.42 Å². The Morgan fingerprint density at radius 1 is 1.05 bits per heavy atom. The standard InChI is InChI=1S/C28H50N4O4.C3H8/c1-19(2)24(29-25(33)23-12-10-11-15-32(23)20(3)4)27(35)30(9)16-13-21(5)26(34)31-17-14-22(18-31)36-28(6,7)8;1-3-2/h13,19-20,22-24H,10-12,14-18H2,1-9H3,(H,29,33);3H2,1-2H3/b21-13+;. The van der Waals surface area contributed by atoms with Crippen LogP contribution in [0.25, 0.3) is 0 Å².